The number of piperazine rings is 1. The molecule has 0 spiro atoms. The number of hydrogen-bond acceptors (Lipinski definition) is 3. The minimum Gasteiger partial charge on any atom is -0.396 e. The molecule has 2 N–H and O–H groups in total. The highest BCUT2D eigenvalue weighted by molar-refractivity contribution is 5.55. The number of benzene rings is 1. The average molecular weight is 234 g/mol. The quantitative estimate of drug-likeness (QED) is 0.831. The van der Waals surface area contributed by atoms with Gasteiger partial charge < -0.3 is 15.3 Å². The second kappa shape index (κ2) is 5.52. The molecule has 3 nitrogen and oxygen atoms in total. The molecule has 0 aromatic heterocycles. The Morgan fingerprint density at radius 1 is 1.41 bits per heavy atom. The van der Waals surface area contributed by atoms with Gasteiger partial charge in [-0.05, 0) is 31.9 Å². The largest absolute Gasteiger partial charge is 0.396 e. The predicted molar refractivity (Wildman–Crippen MR) is 71.6 cm³/mol. The Labute approximate surface area is 103 Å². The molecule has 1 atom stereocenters. The Morgan fingerprint density at radius 3 is 2.94 bits per heavy atom. The van der Waals surface area contributed by atoms with Crippen LogP contribution in [0.15, 0.2) is 18.2 Å². The molecule has 1 saturated heterocycles. The lowest BCUT2D eigenvalue weighted by Gasteiger charge is -2.38. The van der Waals surface area contributed by atoms with Gasteiger partial charge >= 0.3 is 0 Å². The standard InChI is InChI=1S/C14H22N2O/c1-11-3-4-14(12(2)9-11)16-7-6-15-10-13(16)5-8-17/h3-4,9,13,15,17H,5-8,10H2,1-2H3. The van der Waals surface area contributed by atoms with Crippen LogP contribution in [-0.2, 0) is 0 Å². The zero-order chi connectivity index (χ0) is 12.3. The molecule has 2 rings (SSSR count). The van der Waals surface area contributed by atoms with Gasteiger partial charge in [0.25, 0.3) is 0 Å². The van der Waals surface area contributed by atoms with Gasteiger partial charge in [0.1, 0.15) is 0 Å². The normalized spacial score (nSPS) is 20.6. The summed E-state index contributed by atoms with van der Waals surface area (Å²) in [6.07, 6.45) is 0.834. The summed E-state index contributed by atoms with van der Waals surface area (Å²) in [6, 6.07) is 7.02. The molecule has 1 aliphatic heterocycles. The lowest BCUT2D eigenvalue weighted by Crippen LogP contribution is -2.52. The second-order valence-corrected chi connectivity index (χ2v) is 4.85. The molecule has 0 bridgehead atoms. The molecule has 1 aromatic carbocycles. The molecule has 1 heterocycles. The van der Waals surface area contributed by atoms with Crippen molar-refractivity contribution in [3.8, 4) is 0 Å². The van der Waals surface area contributed by atoms with Crippen LogP contribution in [0, 0.1) is 13.8 Å². The number of aliphatic hydroxyl groups is 1. The minimum absolute atomic E-state index is 0.258. The number of rotatable bonds is 3. The number of aryl methyl sites for hydroxylation is 2. The van der Waals surface area contributed by atoms with Crippen molar-refractivity contribution in [2.24, 2.45) is 0 Å². The molecule has 1 fully saturated rings. The lowest BCUT2D eigenvalue weighted by atomic mass is 10.0. The molecule has 1 aromatic rings. The fourth-order valence-corrected chi connectivity index (χ4v) is 2.61. The molecule has 0 amide bonds. The highest BCUT2D eigenvalue weighted by Gasteiger charge is 2.22. The molecular formula is C14H22N2O. The first-order valence-corrected chi connectivity index (χ1v) is 6.38. The van der Waals surface area contributed by atoms with E-state index in [1.54, 1.807) is 0 Å². The topological polar surface area (TPSA) is 35.5 Å². The monoisotopic (exact) mass is 234 g/mol. The smallest absolute Gasteiger partial charge is 0.0451 e. The van der Waals surface area contributed by atoms with Crippen molar-refractivity contribution in [2.45, 2.75) is 26.3 Å². The van der Waals surface area contributed by atoms with Crippen molar-refractivity contribution in [2.75, 3.05) is 31.1 Å². The SMILES string of the molecule is Cc1ccc(N2CCNCC2CCO)c(C)c1. The maximum atomic E-state index is 9.14. The lowest BCUT2D eigenvalue weighted by molar-refractivity contribution is 0.266. The number of hydrogen-bond donors (Lipinski definition) is 2. The third kappa shape index (κ3) is 2.79. The van der Waals surface area contributed by atoms with Crippen LogP contribution in [0.3, 0.4) is 0 Å². The van der Waals surface area contributed by atoms with E-state index < -0.39 is 0 Å². The zero-order valence-electron chi connectivity index (χ0n) is 10.7. The summed E-state index contributed by atoms with van der Waals surface area (Å²) in [5.74, 6) is 0. The van der Waals surface area contributed by atoms with Crippen molar-refractivity contribution in [3.05, 3.63) is 29.3 Å². The van der Waals surface area contributed by atoms with E-state index in [9.17, 15) is 0 Å². The van der Waals surface area contributed by atoms with Crippen LogP contribution in [0.5, 0.6) is 0 Å². The van der Waals surface area contributed by atoms with Gasteiger partial charge in [0.05, 0.1) is 0 Å². The van der Waals surface area contributed by atoms with E-state index in [1.165, 1.54) is 16.8 Å². The summed E-state index contributed by atoms with van der Waals surface area (Å²) < 4.78 is 0. The highest BCUT2D eigenvalue weighted by atomic mass is 16.3. The number of anilines is 1. The van der Waals surface area contributed by atoms with Gasteiger partial charge in [-0.3, -0.25) is 0 Å². The first-order valence-electron chi connectivity index (χ1n) is 6.38. The molecular weight excluding hydrogens is 212 g/mol. The van der Waals surface area contributed by atoms with Crippen molar-refractivity contribution < 1.29 is 5.11 Å². The molecule has 1 aliphatic rings. The minimum atomic E-state index is 0.258. The fraction of sp³-hybridized carbons (Fsp3) is 0.571. The van der Waals surface area contributed by atoms with Crippen LogP contribution in [0.1, 0.15) is 17.5 Å². The van der Waals surface area contributed by atoms with Crippen LogP contribution < -0.4 is 10.2 Å². The van der Waals surface area contributed by atoms with Gasteiger partial charge in [-0.1, -0.05) is 17.7 Å². The summed E-state index contributed by atoms with van der Waals surface area (Å²) >= 11 is 0. The van der Waals surface area contributed by atoms with E-state index in [0.29, 0.717) is 6.04 Å². The Balaban J connectivity index is 2.23. The van der Waals surface area contributed by atoms with Gasteiger partial charge in [0.15, 0.2) is 0 Å². The highest BCUT2D eigenvalue weighted by Crippen LogP contribution is 2.24. The molecule has 0 aliphatic carbocycles. The summed E-state index contributed by atoms with van der Waals surface area (Å²) in [5.41, 5.74) is 3.95. The van der Waals surface area contributed by atoms with Crippen molar-refractivity contribution in [1.82, 2.24) is 5.32 Å². The third-order valence-corrected chi connectivity index (χ3v) is 3.47. The van der Waals surface area contributed by atoms with Crippen LogP contribution in [0.25, 0.3) is 0 Å². The van der Waals surface area contributed by atoms with Gasteiger partial charge in [-0.15, -0.1) is 0 Å². The average Bonchev–Trinajstić information content (AvgIpc) is 2.31. The van der Waals surface area contributed by atoms with E-state index in [-0.39, 0.29) is 6.61 Å². The predicted octanol–water partition coefficient (Wildman–Crippen LogP) is 1.46. The summed E-state index contributed by atoms with van der Waals surface area (Å²) in [7, 11) is 0. The zero-order valence-corrected chi connectivity index (χ0v) is 10.7. The maximum absolute atomic E-state index is 9.14. The van der Waals surface area contributed by atoms with E-state index in [4.69, 9.17) is 5.11 Å². The van der Waals surface area contributed by atoms with Gasteiger partial charge in [-0.2, -0.15) is 0 Å². The second-order valence-electron chi connectivity index (χ2n) is 4.85. The summed E-state index contributed by atoms with van der Waals surface area (Å²) in [5, 5.41) is 12.5. The molecule has 94 valence electrons. The molecule has 0 saturated carbocycles. The van der Waals surface area contributed by atoms with Crippen LogP contribution in [0.4, 0.5) is 5.69 Å². The third-order valence-electron chi connectivity index (χ3n) is 3.47. The first-order chi connectivity index (χ1) is 8.22. The van der Waals surface area contributed by atoms with Crippen molar-refractivity contribution >= 4 is 5.69 Å². The first kappa shape index (κ1) is 12.4. The number of nitrogens with one attached hydrogen (secondary N) is 1. The van der Waals surface area contributed by atoms with Crippen molar-refractivity contribution in [1.29, 1.82) is 0 Å². The Bertz CT molecular complexity index is 376. The van der Waals surface area contributed by atoms with E-state index in [2.05, 4.69) is 42.3 Å². The van der Waals surface area contributed by atoms with E-state index >= 15 is 0 Å². The molecule has 0 radical (unpaired) electrons. The molecule has 3 heteroatoms. The van der Waals surface area contributed by atoms with Crippen molar-refractivity contribution in [3.63, 3.8) is 0 Å². The number of nitrogens with zero attached hydrogens (tertiary/aromatic N) is 1. The van der Waals surface area contributed by atoms with Crippen LogP contribution >= 0.6 is 0 Å². The van der Waals surface area contributed by atoms with E-state index in [1.807, 2.05) is 0 Å². The van der Waals surface area contributed by atoms with Crippen LogP contribution in [-0.4, -0.2) is 37.4 Å². The summed E-state index contributed by atoms with van der Waals surface area (Å²) in [4.78, 5) is 2.43. The Morgan fingerprint density at radius 2 is 2.24 bits per heavy atom. The van der Waals surface area contributed by atoms with E-state index in [0.717, 1.165) is 26.1 Å². The molecule has 17 heavy (non-hydrogen) atoms. The Hall–Kier alpha value is -1.06. The van der Waals surface area contributed by atoms with Gasteiger partial charge in [0.2, 0.25) is 0 Å². The summed E-state index contributed by atoms with van der Waals surface area (Å²) in [6.45, 7) is 7.56. The van der Waals surface area contributed by atoms with Gasteiger partial charge in [0, 0.05) is 38.0 Å². The maximum Gasteiger partial charge on any atom is 0.0451 e. The van der Waals surface area contributed by atoms with Crippen LogP contribution in [0.2, 0.25) is 0 Å². The molecule has 1 unspecified atom stereocenters. The van der Waals surface area contributed by atoms with Gasteiger partial charge in [-0.25, -0.2) is 0 Å². The number of aliphatic hydroxyl groups excluding tert-OH is 1. The fourth-order valence-electron chi connectivity index (χ4n) is 2.61. The Kier molecular flexibility index (Phi) is 4.02.